The molecule has 1 aliphatic rings. The van der Waals surface area contributed by atoms with Crippen LogP contribution in [0.5, 0.6) is 0 Å². The number of piperidine rings is 1. The van der Waals surface area contributed by atoms with Crippen molar-refractivity contribution in [1.29, 1.82) is 0 Å². The number of aromatic nitrogens is 1. The molecule has 2 aromatic carbocycles. The molecular formula is C24H26Cl2N4OS. The van der Waals surface area contributed by atoms with E-state index in [0.29, 0.717) is 16.5 Å². The Morgan fingerprint density at radius 3 is 2.59 bits per heavy atom. The lowest BCUT2D eigenvalue weighted by Gasteiger charge is -2.32. The lowest BCUT2D eigenvalue weighted by molar-refractivity contribution is -0.121. The summed E-state index contributed by atoms with van der Waals surface area (Å²) in [6.07, 6.45) is 2.18. The Hall–Kier alpha value is -2.12. The molecule has 1 aliphatic heterocycles. The number of hydrogen-bond donors (Lipinski definition) is 2. The quantitative estimate of drug-likeness (QED) is 0.439. The van der Waals surface area contributed by atoms with Crippen molar-refractivity contribution in [3.63, 3.8) is 0 Å². The Morgan fingerprint density at radius 2 is 1.88 bits per heavy atom. The highest BCUT2D eigenvalue weighted by molar-refractivity contribution is 7.15. The molecule has 0 unspecified atom stereocenters. The zero-order valence-electron chi connectivity index (χ0n) is 17.9. The van der Waals surface area contributed by atoms with E-state index in [1.54, 1.807) is 11.3 Å². The summed E-state index contributed by atoms with van der Waals surface area (Å²) < 4.78 is 0. The summed E-state index contributed by atoms with van der Waals surface area (Å²) in [5.74, 6) is 0.0348. The number of nitrogens with one attached hydrogen (secondary N) is 2. The Morgan fingerprint density at radius 1 is 1.12 bits per heavy atom. The van der Waals surface area contributed by atoms with Gasteiger partial charge in [-0.1, -0.05) is 47.5 Å². The highest BCUT2D eigenvalue weighted by atomic mass is 35.5. The maximum absolute atomic E-state index is 12.6. The maximum atomic E-state index is 12.6. The molecule has 0 radical (unpaired) electrons. The van der Waals surface area contributed by atoms with Gasteiger partial charge in [-0.05, 0) is 49.6 Å². The van der Waals surface area contributed by atoms with Gasteiger partial charge in [0.1, 0.15) is 0 Å². The van der Waals surface area contributed by atoms with E-state index in [9.17, 15) is 4.79 Å². The van der Waals surface area contributed by atoms with E-state index < -0.39 is 0 Å². The van der Waals surface area contributed by atoms with Gasteiger partial charge in [0.25, 0.3) is 0 Å². The van der Waals surface area contributed by atoms with Gasteiger partial charge < -0.3 is 10.6 Å². The van der Waals surface area contributed by atoms with Gasteiger partial charge in [-0.15, -0.1) is 11.3 Å². The topological polar surface area (TPSA) is 57.3 Å². The number of carbonyl (C=O) groups excluding carboxylic acids is 1. The van der Waals surface area contributed by atoms with Crippen LogP contribution in [0.2, 0.25) is 10.0 Å². The summed E-state index contributed by atoms with van der Waals surface area (Å²) >= 11 is 13.7. The number of nitrogens with zero attached hydrogens (tertiary/aromatic N) is 2. The molecule has 8 heteroatoms. The van der Waals surface area contributed by atoms with E-state index in [-0.39, 0.29) is 11.9 Å². The van der Waals surface area contributed by atoms with Crippen LogP contribution in [0.4, 0.5) is 10.8 Å². The van der Waals surface area contributed by atoms with E-state index in [2.05, 4.69) is 20.5 Å². The van der Waals surface area contributed by atoms with Crippen LogP contribution in [-0.2, 0) is 17.8 Å². The molecule has 168 valence electrons. The normalized spacial score (nSPS) is 15.0. The number of rotatable bonds is 7. The standard InChI is InChI=1S/C24H26Cl2N4OS/c1-16-22(29-24(32-16)28-18-5-3-2-4-6-18)14-23(31)27-19-9-11-30(12-10-19)15-17-7-8-20(25)21(26)13-17/h2-8,13,19H,9-12,14-15H2,1H3,(H,27,31)(H,28,29). The first-order valence-corrected chi connectivity index (χ1v) is 12.3. The lowest BCUT2D eigenvalue weighted by Crippen LogP contribution is -2.44. The van der Waals surface area contributed by atoms with E-state index in [1.165, 1.54) is 0 Å². The fraction of sp³-hybridized carbons (Fsp3) is 0.333. The average Bonchev–Trinajstić information content (AvgIpc) is 3.11. The number of benzene rings is 2. The van der Waals surface area contributed by atoms with E-state index >= 15 is 0 Å². The second-order valence-electron chi connectivity index (χ2n) is 8.06. The van der Waals surface area contributed by atoms with Crippen molar-refractivity contribution >= 4 is 51.3 Å². The van der Waals surface area contributed by atoms with Crippen LogP contribution < -0.4 is 10.6 Å². The van der Waals surface area contributed by atoms with Crippen LogP contribution in [0.1, 0.15) is 29.0 Å². The fourth-order valence-corrected chi connectivity index (χ4v) is 5.02. The van der Waals surface area contributed by atoms with Crippen molar-refractivity contribution in [1.82, 2.24) is 15.2 Å². The SMILES string of the molecule is Cc1sc(Nc2ccccc2)nc1CC(=O)NC1CCN(Cc2ccc(Cl)c(Cl)c2)CC1. The molecule has 5 nitrogen and oxygen atoms in total. The molecule has 1 amide bonds. The van der Waals surface area contributed by atoms with Crippen molar-refractivity contribution in [2.24, 2.45) is 0 Å². The highest BCUT2D eigenvalue weighted by Crippen LogP contribution is 2.26. The predicted molar refractivity (Wildman–Crippen MR) is 133 cm³/mol. The predicted octanol–water partition coefficient (Wildman–Crippen LogP) is 5.83. The summed E-state index contributed by atoms with van der Waals surface area (Å²) in [6, 6.07) is 15.9. The molecule has 1 saturated heterocycles. The second kappa shape index (κ2) is 10.7. The molecule has 0 atom stereocenters. The Labute approximate surface area is 202 Å². The minimum Gasteiger partial charge on any atom is -0.353 e. The van der Waals surface area contributed by atoms with Gasteiger partial charge >= 0.3 is 0 Å². The summed E-state index contributed by atoms with van der Waals surface area (Å²) in [7, 11) is 0. The van der Waals surface area contributed by atoms with Gasteiger partial charge in [0, 0.05) is 36.2 Å². The van der Waals surface area contributed by atoms with Crippen molar-refractivity contribution in [2.45, 2.75) is 38.8 Å². The first-order chi connectivity index (χ1) is 15.5. The van der Waals surface area contributed by atoms with E-state index in [1.807, 2.05) is 55.5 Å². The van der Waals surface area contributed by atoms with Crippen molar-refractivity contribution in [3.8, 4) is 0 Å². The number of likely N-dealkylation sites (tertiary alicyclic amines) is 1. The lowest BCUT2D eigenvalue weighted by atomic mass is 10.0. The Bertz CT molecular complexity index is 1070. The van der Waals surface area contributed by atoms with Crippen molar-refractivity contribution in [3.05, 3.63) is 74.7 Å². The number of anilines is 2. The third-order valence-electron chi connectivity index (χ3n) is 5.59. The number of aryl methyl sites for hydroxylation is 1. The first-order valence-electron chi connectivity index (χ1n) is 10.7. The van der Waals surface area contributed by atoms with Crippen LogP contribution in [0, 0.1) is 6.92 Å². The highest BCUT2D eigenvalue weighted by Gasteiger charge is 2.22. The minimum atomic E-state index is 0.0348. The van der Waals surface area contributed by atoms with Gasteiger partial charge in [0.2, 0.25) is 5.91 Å². The molecule has 0 bridgehead atoms. The third kappa shape index (κ3) is 6.23. The number of thiazole rings is 1. The third-order valence-corrected chi connectivity index (χ3v) is 7.26. The van der Waals surface area contributed by atoms with Crippen LogP contribution in [0.25, 0.3) is 0 Å². The maximum Gasteiger partial charge on any atom is 0.226 e. The van der Waals surface area contributed by atoms with Crippen LogP contribution in [0.3, 0.4) is 0 Å². The molecule has 3 aromatic rings. The van der Waals surface area contributed by atoms with Gasteiger partial charge in [0.15, 0.2) is 5.13 Å². The molecule has 2 N–H and O–H groups in total. The molecule has 0 saturated carbocycles. The number of carbonyl (C=O) groups is 1. The number of halogens is 2. The van der Waals surface area contributed by atoms with Gasteiger partial charge in [0.05, 0.1) is 22.2 Å². The van der Waals surface area contributed by atoms with Gasteiger partial charge in [-0.2, -0.15) is 0 Å². The molecule has 0 aliphatic carbocycles. The number of hydrogen-bond acceptors (Lipinski definition) is 5. The first kappa shape index (κ1) is 23.1. The Kier molecular flexibility index (Phi) is 7.68. The Balaban J connectivity index is 1.24. The summed E-state index contributed by atoms with van der Waals surface area (Å²) in [5, 5.41) is 8.48. The molecule has 0 spiro atoms. The molecule has 4 rings (SSSR count). The minimum absolute atomic E-state index is 0.0348. The fourth-order valence-electron chi connectivity index (χ4n) is 3.85. The molecule has 1 fully saturated rings. The van der Waals surface area contributed by atoms with Crippen molar-refractivity contribution < 1.29 is 4.79 Å². The van der Waals surface area contributed by atoms with Crippen LogP contribution in [-0.4, -0.2) is 34.9 Å². The average molecular weight is 489 g/mol. The summed E-state index contributed by atoms with van der Waals surface area (Å²) in [4.78, 5) is 20.7. The van der Waals surface area contributed by atoms with Crippen LogP contribution in [0.15, 0.2) is 48.5 Å². The zero-order valence-corrected chi connectivity index (χ0v) is 20.2. The van der Waals surface area contributed by atoms with E-state index in [0.717, 1.165) is 59.4 Å². The van der Waals surface area contributed by atoms with Gasteiger partial charge in [-0.25, -0.2) is 4.98 Å². The monoisotopic (exact) mass is 488 g/mol. The van der Waals surface area contributed by atoms with E-state index in [4.69, 9.17) is 23.2 Å². The smallest absolute Gasteiger partial charge is 0.226 e. The zero-order chi connectivity index (χ0) is 22.5. The van der Waals surface area contributed by atoms with Gasteiger partial charge in [-0.3, -0.25) is 9.69 Å². The summed E-state index contributed by atoms with van der Waals surface area (Å²) in [6.45, 7) is 4.73. The number of para-hydroxylation sites is 1. The molecular weight excluding hydrogens is 463 g/mol. The molecule has 32 heavy (non-hydrogen) atoms. The van der Waals surface area contributed by atoms with Crippen molar-refractivity contribution in [2.75, 3.05) is 18.4 Å². The van der Waals surface area contributed by atoms with Crippen LogP contribution >= 0.6 is 34.5 Å². The molecule has 1 aromatic heterocycles. The number of amides is 1. The molecule has 2 heterocycles. The second-order valence-corrected chi connectivity index (χ2v) is 10.1. The summed E-state index contributed by atoms with van der Waals surface area (Å²) in [5.41, 5.74) is 2.98. The largest absolute Gasteiger partial charge is 0.353 e.